The Kier molecular flexibility index (Phi) is 8.68. The summed E-state index contributed by atoms with van der Waals surface area (Å²) in [6.45, 7) is 8.46. The van der Waals surface area contributed by atoms with Crippen LogP contribution in [0, 0.1) is 0 Å². The second-order valence-electron chi connectivity index (χ2n) is 4.37. The summed E-state index contributed by atoms with van der Waals surface area (Å²) in [4.78, 5) is 22.2. The minimum atomic E-state index is -0.288. The van der Waals surface area contributed by atoms with Crippen molar-refractivity contribution in [2.75, 3.05) is 6.54 Å². The zero-order valence-corrected chi connectivity index (χ0v) is 11.4. The first-order valence-corrected chi connectivity index (χ1v) is 6.43. The van der Waals surface area contributed by atoms with Crippen LogP contribution in [0.3, 0.4) is 0 Å². The predicted molar refractivity (Wildman–Crippen MR) is 67.8 cm³/mol. The van der Waals surface area contributed by atoms with Crippen LogP contribution in [0.1, 0.15) is 53.4 Å². The van der Waals surface area contributed by atoms with E-state index in [9.17, 15) is 9.59 Å². The number of hydrogen-bond donors (Lipinski definition) is 1. The van der Waals surface area contributed by atoms with Crippen molar-refractivity contribution < 1.29 is 14.3 Å². The molecule has 2 atom stereocenters. The van der Waals surface area contributed by atoms with Gasteiger partial charge in [0, 0.05) is 12.5 Å². The maximum atomic E-state index is 11.4. The molecule has 0 spiro atoms. The summed E-state index contributed by atoms with van der Waals surface area (Å²) in [5.41, 5.74) is 0. The van der Waals surface area contributed by atoms with Gasteiger partial charge in [-0.05, 0) is 33.2 Å². The second kappa shape index (κ2) is 9.16. The monoisotopic (exact) mass is 243 g/mol. The van der Waals surface area contributed by atoms with Gasteiger partial charge in [0.2, 0.25) is 0 Å². The van der Waals surface area contributed by atoms with E-state index < -0.39 is 0 Å². The fraction of sp³-hybridized carbons (Fsp3) is 0.846. The summed E-state index contributed by atoms with van der Waals surface area (Å²) in [5, 5.41) is 3.34. The van der Waals surface area contributed by atoms with Crippen molar-refractivity contribution in [3.63, 3.8) is 0 Å². The van der Waals surface area contributed by atoms with Crippen molar-refractivity contribution in [2.24, 2.45) is 0 Å². The molecular formula is C13H25NO3. The lowest BCUT2D eigenvalue weighted by Gasteiger charge is -2.24. The first kappa shape index (κ1) is 16.1. The number of esters is 1. The summed E-state index contributed by atoms with van der Waals surface area (Å²) in [6, 6.07) is 0.191. The molecule has 0 saturated carbocycles. The van der Waals surface area contributed by atoms with E-state index in [1.165, 1.54) is 6.92 Å². The normalized spacial score (nSPS) is 14.1. The molecular weight excluding hydrogens is 218 g/mol. The Morgan fingerprint density at radius 3 is 2.35 bits per heavy atom. The molecule has 0 aliphatic heterocycles. The van der Waals surface area contributed by atoms with Gasteiger partial charge in [-0.2, -0.15) is 0 Å². The first-order chi connectivity index (χ1) is 8.01. The quantitative estimate of drug-likeness (QED) is 0.630. The highest BCUT2D eigenvalue weighted by Gasteiger charge is 2.18. The molecule has 0 aliphatic carbocycles. The molecule has 100 valence electrons. The molecule has 4 heteroatoms. The van der Waals surface area contributed by atoms with Crippen LogP contribution in [0.4, 0.5) is 0 Å². The summed E-state index contributed by atoms with van der Waals surface area (Å²) in [6.07, 6.45) is 2.28. The molecule has 0 aromatic rings. The SMILES string of the molecule is CCCN[C@@H](CC)[C@@H](C)OC(=O)CCC(C)=O. The van der Waals surface area contributed by atoms with Gasteiger partial charge in [0.15, 0.2) is 0 Å². The van der Waals surface area contributed by atoms with E-state index in [2.05, 4.69) is 19.2 Å². The third-order valence-electron chi connectivity index (χ3n) is 2.66. The highest BCUT2D eigenvalue weighted by atomic mass is 16.5. The Morgan fingerprint density at radius 1 is 1.24 bits per heavy atom. The second-order valence-corrected chi connectivity index (χ2v) is 4.37. The largest absolute Gasteiger partial charge is 0.461 e. The number of ether oxygens (including phenoxy) is 1. The van der Waals surface area contributed by atoms with Crippen molar-refractivity contribution in [2.45, 2.75) is 65.5 Å². The van der Waals surface area contributed by atoms with Gasteiger partial charge in [0.25, 0.3) is 0 Å². The van der Waals surface area contributed by atoms with Crippen LogP contribution in [0.15, 0.2) is 0 Å². The van der Waals surface area contributed by atoms with E-state index in [0.717, 1.165) is 19.4 Å². The van der Waals surface area contributed by atoms with E-state index in [1.54, 1.807) is 0 Å². The third kappa shape index (κ3) is 7.91. The topological polar surface area (TPSA) is 55.4 Å². The molecule has 0 bridgehead atoms. The maximum absolute atomic E-state index is 11.4. The molecule has 0 aromatic heterocycles. The Morgan fingerprint density at radius 2 is 1.88 bits per heavy atom. The van der Waals surface area contributed by atoms with Crippen molar-refractivity contribution in [1.29, 1.82) is 0 Å². The van der Waals surface area contributed by atoms with E-state index in [-0.39, 0.29) is 36.7 Å². The highest BCUT2D eigenvalue weighted by Crippen LogP contribution is 2.06. The first-order valence-electron chi connectivity index (χ1n) is 6.43. The van der Waals surface area contributed by atoms with E-state index >= 15 is 0 Å². The molecule has 0 amide bonds. The van der Waals surface area contributed by atoms with Gasteiger partial charge in [-0.15, -0.1) is 0 Å². The fourth-order valence-corrected chi connectivity index (χ4v) is 1.60. The molecule has 0 rings (SSSR count). The standard InChI is InChI=1S/C13H25NO3/c1-5-9-14-12(6-2)11(4)17-13(16)8-7-10(3)15/h11-12,14H,5-9H2,1-4H3/t11-,12+/m1/s1. The van der Waals surface area contributed by atoms with Crippen LogP contribution < -0.4 is 5.32 Å². The lowest BCUT2D eigenvalue weighted by molar-refractivity contribution is -0.150. The highest BCUT2D eigenvalue weighted by molar-refractivity contribution is 5.81. The summed E-state index contributed by atoms with van der Waals surface area (Å²) >= 11 is 0. The van der Waals surface area contributed by atoms with Crippen molar-refractivity contribution >= 4 is 11.8 Å². The zero-order valence-electron chi connectivity index (χ0n) is 11.4. The Hall–Kier alpha value is -0.900. The Balaban J connectivity index is 3.98. The molecule has 0 fully saturated rings. The van der Waals surface area contributed by atoms with Crippen LogP contribution in [0.2, 0.25) is 0 Å². The number of carbonyl (C=O) groups is 2. The van der Waals surface area contributed by atoms with Crippen LogP contribution in [0.5, 0.6) is 0 Å². The number of Topliss-reactive ketones (excluding diaryl/α,β-unsaturated/α-hetero) is 1. The average Bonchev–Trinajstić information content (AvgIpc) is 2.27. The molecule has 0 aromatic carbocycles. The molecule has 4 nitrogen and oxygen atoms in total. The van der Waals surface area contributed by atoms with Crippen molar-refractivity contribution in [1.82, 2.24) is 5.32 Å². The molecule has 0 heterocycles. The summed E-state index contributed by atoms with van der Waals surface area (Å²) in [5.74, 6) is -0.268. The minimum Gasteiger partial charge on any atom is -0.461 e. The number of hydrogen-bond acceptors (Lipinski definition) is 4. The van der Waals surface area contributed by atoms with Crippen molar-refractivity contribution in [3.8, 4) is 0 Å². The Labute approximate surface area is 104 Å². The van der Waals surface area contributed by atoms with Crippen LogP contribution in [-0.4, -0.2) is 30.4 Å². The van der Waals surface area contributed by atoms with Gasteiger partial charge in [-0.1, -0.05) is 13.8 Å². The average molecular weight is 243 g/mol. The van der Waals surface area contributed by atoms with Crippen LogP contribution in [0.25, 0.3) is 0 Å². The smallest absolute Gasteiger partial charge is 0.306 e. The lowest BCUT2D eigenvalue weighted by atomic mass is 10.1. The Bertz CT molecular complexity index is 241. The van der Waals surface area contributed by atoms with Gasteiger partial charge in [0.05, 0.1) is 6.42 Å². The van der Waals surface area contributed by atoms with Gasteiger partial charge < -0.3 is 14.8 Å². The number of carbonyl (C=O) groups excluding carboxylic acids is 2. The molecule has 0 saturated heterocycles. The lowest BCUT2D eigenvalue weighted by Crippen LogP contribution is -2.40. The predicted octanol–water partition coefficient (Wildman–Crippen LogP) is 2.07. The summed E-state index contributed by atoms with van der Waals surface area (Å²) in [7, 11) is 0. The molecule has 0 radical (unpaired) electrons. The number of ketones is 1. The van der Waals surface area contributed by atoms with E-state index in [0.29, 0.717) is 0 Å². The van der Waals surface area contributed by atoms with Gasteiger partial charge in [-0.3, -0.25) is 4.79 Å². The minimum absolute atomic E-state index is 0.0192. The van der Waals surface area contributed by atoms with Gasteiger partial charge in [0.1, 0.15) is 11.9 Å². The van der Waals surface area contributed by atoms with E-state index in [1.807, 2.05) is 6.92 Å². The van der Waals surface area contributed by atoms with Crippen molar-refractivity contribution in [3.05, 3.63) is 0 Å². The molecule has 1 N–H and O–H groups in total. The third-order valence-corrected chi connectivity index (χ3v) is 2.66. The molecule has 0 unspecified atom stereocenters. The maximum Gasteiger partial charge on any atom is 0.306 e. The molecule has 17 heavy (non-hydrogen) atoms. The van der Waals surface area contributed by atoms with E-state index in [4.69, 9.17) is 4.74 Å². The number of rotatable bonds is 9. The van der Waals surface area contributed by atoms with Gasteiger partial charge >= 0.3 is 5.97 Å². The fourth-order valence-electron chi connectivity index (χ4n) is 1.60. The summed E-state index contributed by atoms with van der Waals surface area (Å²) < 4.78 is 5.30. The molecule has 0 aliphatic rings. The zero-order chi connectivity index (χ0) is 13.3. The van der Waals surface area contributed by atoms with Gasteiger partial charge in [-0.25, -0.2) is 0 Å². The number of nitrogens with one attached hydrogen (secondary N) is 1. The van der Waals surface area contributed by atoms with Crippen LogP contribution in [-0.2, 0) is 14.3 Å². The van der Waals surface area contributed by atoms with Crippen LogP contribution >= 0.6 is 0 Å².